The van der Waals surface area contributed by atoms with Crippen LogP contribution in [0.25, 0.3) is 0 Å². The number of alkyl carbamates (subject to hydrolysis) is 2. The van der Waals surface area contributed by atoms with Gasteiger partial charge in [-0.15, -0.1) is 0 Å². The lowest BCUT2D eigenvalue weighted by molar-refractivity contribution is -0.0180. The van der Waals surface area contributed by atoms with Gasteiger partial charge in [0.15, 0.2) is 0 Å². The zero-order valence-corrected chi connectivity index (χ0v) is 43.7. The van der Waals surface area contributed by atoms with Crippen LogP contribution in [0.15, 0.2) is 89.8 Å². The molecule has 0 radical (unpaired) electrons. The van der Waals surface area contributed by atoms with Crippen molar-refractivity contribution < 1.29 is 93.6 Å². The lowest BCUT2D eigenvalue weighted by atomic mass is 10.2. The molecule has 0 fully saturated rings. The molecule has 3 N–H and O–H groups in total. The van der Waals surface area contributed by atoms with Crippen LogP contribution >= 0.6 is 0 Å². The Balaban J connectivity index is 0.000000526. The summed E-state index contributed by atoms with van der Waals surface area (Å²) >= 11 is 0. The molecule has 0 unspecified atom stereocenters. The number of carbonyl (C=O) groups is 2. The van der Waals surface area contributed by atoms with Crippen molar-refractivity contribution in [1.82, 2.24) is 10.6 Å². The van der Waals surface area contributed by atoms with Crippen molar-refractivity contribution in [1.29, 1.82) is 0 Å². The average molecular weight is 1070 g/mol. The number of ether oxygens (including phenoxy) is 14. The summed E-state index contributed by atoms with van der Waals surface area (Å²) < 4.78 is 104. The maximum Gasteiger partial charge on any atom is 0.407 e. The number of hydrogen-bond donors (Lipinski definition) is 3. The number of rotatable bonds is 47. The minimum Gasteiger partial charge on any atom is -0.445 e. The maximum absolute atomic E-state index is 12.1. The summed E-state index contributed by atoms with van der Waals surface area (Å²) in [5.41, 5.74) is 2.84. The van der Waals surface area contributed by atoms with Gasteiger partial charge in [-0.2, -0.15) is 8.42 Å². The minimum atomic E-state index is -3.78. The third-order valence-electron chi connectivity index (χ3n) is 9.19. The van der Waals surface area contributed by atoms with Crippen LogP contribution in [-0.4, -0.2) is 211 Å². The van der Waals surface area contributed by atoms with Gasteiger partial charge in [-0.1, -0.05) is 78.4 Å². The van der Waals surface area contributed by atoms with Crippen molar-refractivity contribution in [2.24, 2.45) is 0 Å². The highest BCUT2D eigenvalue weighted by molar-refractivity contribution is 7.86. The van der Waals surface area contributed by atoms with Gasteiger partial charge in [0, 0.05) is 13.1 Å². The molecule has 0 spiro atoms. The van der Waals surface area contributed by atoms with Crippen LogP contribution in [0.5, 0.6) is 0 Å². The van der Waals surface area contributed by atoms with Crippen molar-refractivity contribution >= 4 is 22.3 Å². The summed E-state index contributed by atoms with van der Waals surface area (Å²) in [6.45, 7) is 13.2. The van der Waals surface area contributed by atoms with E-state index in [2.05, 4.69) is 10.6 Å². The van der Waals surface area contributed by atoms with Gasteiger partial charge in [-0.05, 0) is 30.2 Å². The highest BCUT2D eigenvalue weighted by Gasteiger charge is 2.14. The van der Waals surface area contributed by atoms with Gasteiger partial charge in [0.2, 0.25) is 0 Å². The highest BCUT2D eigenvalue weighted by atomic mass is 32.2. The molecule has 22 nitrogen and oxygen atoms in total. The topological polar surface area (TPSA) is 251 Å². The fourth-order valence-corrected chi connectivity index (χ4v) is 6.34. The van der Waals surface area contributed by atoms with Crippen LogP contribution in [0, 0.1) is 6.92 Å². The normalized spacial score (nSPS) is 11.2. The van der Waals surface area contributed by atoms with E-state index in [1.165, 1.54) is 12.1 Å². The van der Waals surface area contributed by atoms with E-state index in [9.17, 15) is 18.0 Å². The molecule has 74 heavy (non-hydrogen) atoms. The molecule has 0 heterocycles. The Morgan fingerprint density at radius 3 is 0.986 bits per heavy atom. The van der Waals surface area contributed by atoms with Crippen LogP contribution in [-0.2, 0) is 93.8 Å². The lowest BCUT2D eigenvalue weighted by Gasteiger charge is -2.09. The van der Waals surface area contributed by atoms with E-state index in [0.29, 0.717) is 165 Å². The molecule has 0 atom stereocenters. The second-order valence-electron chi connectivity index (χ2n) is 15.1. The zero-order chi connectivity index (χ0) is 53.1. The molecule has 0 saturated heterocycles. The van der Waals surface area contributed by atoms with Gasteiger partial charge in [-0.3, -0.25) is 4.18 Å². The number of carbonyl (C=O) groups excluding carboxylic acids is 2. The van der Waals surface area contributed by atoms with Crippen molar-refractivity contribution in [3.63, 3.8) is 0 Å². The molecular formula is C51H80N2O20S. The highest BCUT2D eigenvalue weighted by Crippen LogP contribution is 2.13. The molecule has 3 rings (SSSR count). The molecule has 3 aromatic carbocycles. The second kappa shape index (κ2) is 48.2. The summed E-state index contributed by atoms with van der Waals surface area (Å²) in [5.74, 6) is 0. The Kier molecular flexibility index (Phi) is 42.8. The number of amides is 2. The SMILES string of the molecule is Cc1ccc(S(=O)(=O)OCCOCCOCCOCCOCCOCCOCCNC(=O)OCc2ccccc2)cc1.O=C(NCCOCCOCCOCCOCCOCCOCCO)OCc1ccccc1. The molecule has 2 amide bonds. The van der Waals surface area contributed by atoms with E-state index in [4.69, 9.17) is 75.6 Å². The first-order chi connectivity index (χ1) is 36.3. The number of aryl methyl sites for hydroxylation is 1. The summed E-state index contributed by atoms with van der Waals surface area (Å²) in [4.78, 5) is 23.3. The molecule has 0 aliphatic carbocycles. The monoisotopic (exact) mass is 1070 g/mol. The first-order valence-corrected chi connectivity index (χ1v) is 26.1. The smallest absolute Gasteiger partial charge is 0.407 e. The van der Waals surface area contributed by atoms with E-state index in [1.54, 1.807) is 12.1 Å². The fourth-order valence-electron chi connectivity index (χ4n) is 5.44. The molecule has 420 valence electrons. The van der Waals surface area contributed by atoms with Gasteiger partial charge < -0.3 is 82.1 Å². The first-order valence-electron chi connectivity index (χ1n) is 24.7. The Labute approximate surface area is 436 Å². The Morgan fingerprint density at radius 2 is 0.676 bits per heavy atom. The maximum atomic E-state index is 12.1. The quantitative estimate of drug-likeness (QED) is 0.0538. The number of aliphatic hydroxyl groups is 1. The number of aliphatic hydroxyl groups excluding tert-OH is 1. The molecule has 23 heteroatoms. The Morgan fingerprint density at radius 1 is 0.392 bits per heavy atom. The van der Waals surface area contributed by atoms with Gasteiger partial charge in [0.05, 0.1) is 177 Å². The summed E-state index contributed by atoms with van der Waals surface area (Å²) in [6.07, 6.45) is -0.946. The van der Waals surface area contributed by atoms with Crippen molar-refractivity contribution in [3.05, 3.63) is 102 Å². The molecule has 0 aliphatic rings. The number of benzene rings is 3. The molecular weight excluding hydrogens is 993 g/mol. The number of nitrogens with one attached hydrogen (secondary N) is 2. The van der Waals surface area contributed by atoms with Gasteiger partial charge >= 0.3 is 12.2 Å². The van der Waals surface area contributed by atoms with E-state index in [1.807, 2.05) is 67.6 Å². The van der Waals surface area contributed by atoms with Crippen molar-refractivity contribution in [2.75, 3.05) is 185 Å². The standard InChI is InChI=1S/C29H43NO11S.C22H37NO9/c1-26-7-9-28(10-8-26)42(32,33)41-24-23-39-22-21-38-20-19-37-18-17-36-16-15-35-14-13-34-12-11-30-29(31)40-25-27-5-3-2-4-6-27;24-7-9-27-11-13-29-15-17-31-19-18-30-16-14-28-12-10-26-8-6-23-22(25)32-20-21-4-2-1-3-5-21/h2-10H,11-25H2,1H3,(H,30,31);1-5,24H,6-20H2,(H,23,25). The summed E-state index contributed by atoms with van der Waals surface area (Å²) in [6, 6.07) is 25.4. The lowest BCUT2D eigenvalue weighted by Crippen LogP contribution is -2.28. The third kappa shape index (κ3) is 40.9. The zero-order valence-electron chi connectivity index (χ0n) is 42.9. The Hall–Kier alpha value is -4.41. The van der Waals surface area contributed by atoms with Crippen LogP contribution in [0.2, 0.25) is 0 Å². The van der Waals surface area contributed by atoms with Crippen LogP contribution in [0.4, 0.5) is 9.59 Å². The molecule has 0 bridgehead atoms. The summed E-state index contributed by atoms with van der Waals surface area (Å²) in [5, 5.41) is 13.8. The molecule has 0 aliphatic heterocycles. The predicted molar refractivity (Wildman–Crippen MR) is 270 cm³/mol. The van der Waals surface area contributed by atoms with E-state index in [0.717, 1.165) is 16.7 Å². The van der Waals surface area contributed by atoms with Crippen molar-refractivity contribution in [2.45, 2.75) is 25.0 Å². The van der Waals surface area contributed by atoms with Gasteiger partial charge in [-0.25, -0.2) is 9.59 Å². The van der Waals surface area contributed by atoms with Gasteiger partial charge in [0.25, 0.3) is 10.1 Å². The van der Waals surface area contributed by atoms with E-state index < -0.39 is 22.3 Å². The summed E-state index contributed by atoms with van der Waals surface area (Å²) in [7, 11) is -3.78. The largest absolute Gasteiger partial charge is 0.445 e. The third-order valence-corrected chi connectivity index (χ3v) is 10.5. The van der Waals surface area contributed by atoms with Gasteiger partial charge in [0.1, 0.15) is 13.2 Å². The first kappa shape index (κ1) is 65.7. The van der Waals surface area contributed by atoms with E-state index >= 15 is 0 Å². The molecule has 0 saturated carbocycles. The predicted octanol–water partition coefficient (Wildman–Crippen LogP) is 3.73. The van der Waals surface area contributed by atoms with Crippen LogP contribution < -0.4 is 10.6 Å². The molecule has 3 aromatic rings. The minimum absolute atomic E-state index is 0.0230. The van der Waals surface area contributed by atoms with Crippen LogP contribution in [0.3, 0.4) is 0 Å². The Bertz CT molecular complexity index is 1840. The second-order valence-corrected chi connectivity index (χ2v) is 16.8. The van der Waals surface area contributed by atoms with Crippen LogP contribution in [0.1, 0.15) is 16.7 Å². The van der Waals surface area contributed by atoms with Crippen molar-refractivity contribution in [3.8, 4) is 0 Å². The average Bonchev–Trinajstić information content (AvgIpc) is 3.41. The number of hydrogen-bond acceptors (Lipinski definition) is 20. The molecule has 0 aromatic heterocycles. The van der Waals surface area contributed by atoms with E-state index in [-0.39, 0.29) is 37.9 Å². The fraction of sp³-hybridized carbons (Fsp3) is 0.608.